The molecule has 0 aromatic heterocycles. The van der Waals surface area contributed by atoms with Crippen LogP contribution in [0.4, 0.5) is 0 Å². The Bertz CT molecular complexity index is 484. The number of amides is 2. The number of hydrogen-bond acceptors (Lipinski definition) is 3. The minimum Gasteiger partial charge on any atom is -0.357 e. The average Bonchev–Trinajstić information content (AvgIpc) is 2.96. The number of rotatable bonds is 4. The monoisotopic (exact) mass is 275 g/mol. The van der Waals surface area contributed by atoms with Crippen LogP contribution in [0.5, 0.6) is 0 Å². The highest BCUT2D eigenvalue weighted by molar-refractivity contribution is 5.88. The largest absolute Gasteiger partial charge is 0.357 e. The van der Waals surface area contributed by atoms with Crippen molar-refractivity contribution in [1.29, 1.82) is 0 Å². The Morgan fingerprint density at radius 3 is 2.55 bits per heavy atom. The van der Waals surface area contributed by atoms with Gasteiger partial charge >= 0.3 is 0 Å². The number of nitrogens with one attached hydrogen (secondary N) is 1. The molecule has 1 heterocycles. The molecule has 0 spiro atoms. The molecule has 1 atom stereocenters. The van der Waals surface area contributed by atoms with Gasteiger partial charge in [0, 0.05) is 20.1 Å². The van der Waals surface area contributed by atoms with Crippen molar-refractivity contribution in [2.45, 2.75) is 31.8 Å². The molecule has 1 aliphatic heterocycles. The van der Waals surface area contributed by atoms with Gasteiger partial charge in [0.2, 0.25) is 11.8 Å². The number of likely N-dealkylation sites (tertiary alicyclic amines) is 1. The standard InChI is InChI=1S/C15H21N3O2/c1-17-15(20)13-3-2-8-18(13)14(19)9-11-4-6-12(10-16)7-5-11/h4-7,13H,2-3,8-10,16H2,1H3,(H,17,20). The van der Waals surface area contributed by atoms with Crippen molar-refractivity contribution in [3.05, 3.63) is 35.4 Å². The number of nitrogens with two attached hydrogens (primary N) is 1. The summed E-state index contributed by atoms with van der Waals surface area (Å²) in [5.41, 5.74) is 7.55. The average molecular weight is 275 g/mol. The summed E-state index contributed by atoms with van der Waals surface area (Å²) in [4.78, 5) is 25.8. The molecule has 1 aliphatic rings. The Hall–Kier alpha value is -1.88. The maximum absolute atomic E-state index is 12.3. The van der Waals surface area contributed by atoms with E-state index in [0.29, 0.717) is 19.5 Å². The lowest BCUT2D eigenvalue weighted by Gasteiger charge is -2.23. The number of likely N-dealkylation sites (N-methyl/N-ethyl adjacent to an activating group) is 1. The third-order valence-electron chi connectivity index (χ3n) is 3.74. The van der Waals surface area contributed by atoms with Gasteiger partial charge < -0.3 is 16.0 Å². The maximum atomic E-state index is 12.3. The molecule has 108 valence electrons. The van der Waals surface area contributed by atoms with Crippen LogP contribution in [0.2, 0.25) is 0 Å². The molecular formula is C15H21N3O2. The summed E-state index contributed by atoms with van der Waals surface area (Å²) in [5, 5.41) is 2.62. The first-order valence-corrected chi connectivity index (χ1v) is 6.94. The van der Waals surface area contributed by atoms with Crippen LogP contribution in [-0.2, 0) is 22.6 Å². The van der Waals surface area contributed by atoms with Gasteiger partial charge in [-0.05, 0) is 24.0 Å². The van der Waals surface area contributed by atoms with E-state index in [4.69, 9.17) is 5.73 Å². The molecule has 1 fully saturated rings. The summed E-state index contributed by atoms with van der Waals surface area (Å²) in [6.07, 6.45) is 1.96. The Balaban J connectivity index is 2.01. The highest BCUT2D eigenvalue weighted by Gasteiger charge is 2.33. The predicted octanol–water partition coefficient (Wildman–Crippen LogP) is 0.425. The van der Waals surface area contributed by atoms with E-state index in [1.807, 2.05) is 24.3 Å². The maximum Gasteiger partial charge on any atom is 0.242 e. The van der Waals surface area contributed by atoms with Gasteiger partial charge in [-0.1, -0.05) is 24.3 Å². The van der Waals surface area contributed by atoms with Crippen LogP contribution in [0.3, 0.4) is 0 Å². The molecule has 2 rings (SSSR count). The van der Waals surface area contributed by atoms with Crippen molar-refractivity contribution >= 4 is 11.8 Å². The summed E-state index contributed by atoms with van der Waals surface area (Å²) in [6, 6.07) is 7.40. The van der Waals surface area contributed by atoms with Gasteiger partial charge in [-0.2, -0.15) is 0 Å². The molecule has 0 aliphatic carbocycles. The Morgan fingerprint density at radius 1 is 1.30 bits per heavy atom. The molecule has 1 unspecified atom stereocenters. The molecule has 1 aromatic rings. The van der Waals surface area contributed by atoms with Crippen molar-refractivity contribution in [2.24, 2.45) is 5.73 Å². The van der Waals surface area contributed by atoms with Crippen LogP contribution < -0.4 is 11.1 Å². The predicted molar refractivity (Wildman–Crippen MR) is 76.8 cm³/mol. The second-order valence-corrected chi connectivity index (χ2v) is 5.06. The number of nitrogens with zero attached hydrogens (tertiary/aromatic N) is 1. The summed E-state index contributed by atoms with van der Waals surface area (Å²) in [5.74, 6) is -0.0640. The zero-order valence-electron chi connectivity index (χ0n) is 11.8. The van der Waals surface area contributed by atoms with Crippen LogP contribution in [-0.4, -0.2) is 36.3 Å². The fraction of sp³-hybridized carbons (Fsp3) is 0.467. The molecule has 5 heteroatoms. The smallest absolute Gasteiger partial charge is 0.242 e. The number of hydrogen-bond donors (Lipinski definition) is 2. The van der Waals surface area contributed by atoms with Gasteiger partial charge in [-0.25, -0.2) is 0 Å². The molecule has 0 bridgehead atoms. The van der Waals surface area contributed by atoms with Gasteiger partial charge in [0.1, 0.15) is 6.04 Å². The lowest BCUT2D eigenvalue weighted by atomic mass is 10.1. The minimum absolute atomic E-state index is 0.0107. The third-order valence-corrected chi connectivity index (χ3v) is 3.74. The summed E-state index contributed by atoms with van der Waals surface area (Å²) >= 11 is 0. The molecule has 3 N–H and O–H groups in total. The first-order valence-electron chi connectivity index (χ1n) is 6.94. The molecule has 1 saturated heterocycles. The van der Waals surface area contributed by atoms with Gasteiger partial charge in [0.05, 0.1) is 6.42 Å². The first-order chi connectivity index (χ1) is 9.65. The van der Waals surface area contributed by atoms with Crippen molar-refractivity contribution in [3.63, 3.8) is 0 Å². The van der Waals surface area contributed by atoms with Crippen molar-refractivity contribution in [3.8, 4) is 0 Å². The van der Waals surface area contributed by atoms with E-state index in [-0.39, 0.29) is 17.9 Å². The van der Waals surface area contributed by atoms with Crippen molar-refractivity contribution < 1.29 is 9.59 Å². The Morgan fingerprint density at radius 2 is 1.95 bits per heavy atom. The SMILES string of the molecule is CNC(=O)C1CCCN1C(=O)Cc1ccc(CN)cc1. The second-order valence-electron chi connectivity index (χ2n) is 5.06. The van der Waals surface area contributed by atoms with E-state index in [0.717, 1.165) is 24.0 Å². The van der Waals surface area contributed by atoms with Crippen LogP contribution in [0.1, 0.15) is 24.0 Å². The van der Waals surface area contributed by atoms with Gasteiger partial charge in [0.15, 0.2) is 0 Å². The van der Waals surface area contributed by atoms with Crippen molar-refractivity contribution in [1.82, 2.24) is 10.2 Å². The lowest BCUT2D eigenvalue weighted by Crippen LogP contribution is -2.45. The minimum atomic E-state index is -0.309. The van der Waals surface area contributed by atoms with Crippen LogP contribution in [0.15, 0.2) is 24.3 Å². The van der Waals surface area contributed by atoms with E-state index in [2.05, 4.69) is 5.32 Å². The Labute approximate surface area is 119 Å². The van der Waals surface area contributed by atoms with Gasteiger partial charge in [-0.15, -0.1) is 0 Å². The molecule has 5 nitrogen and oxygen atoms in total. The van der Waals surface area contributed by atoms with Crippen LogP contribution >= 0.6 is 0 Å². The van der Waals surface area contributed by atoms with E-state index >= 15 is 0 Å². The fourth-order valence-electron chi connectivity index (χ4n) is 2.57. The molecule has 2 amide bonds. The molecule has 0 radical (unpaired) electrons. The van der Waals surface area contributed by atoms with E-state index in [1.165, 1.54) is 0 Å². The molecule has 20 heavy (non-hydrogen) atoms. The summed E-state index contributed by atoms with van der Waals surface area (Å²) < 4.78 is 0. The lowest BCUT2D eigenvalue weighted by molar-refractivity contribution is -0.137. The number of benzene rings is 1. The molecular weight excluding hydrogens is 254 g/mol. The van der Waals surface area contributed by atoms with E-state index in [9.17, 15) is 9.59 Å². The fourth-order valence-corrected chi connectivity index (χ4v) is 2.57. The summed E-state index contributed by atoms with van der Waals surface area (Å²) in [6.45, 7) is 1.16. The van der Waals surface area contributed by atoms with Crippen LogP contribution in [0, 0.1) is 0 Å². The van der Waals surface area contributed by atoms with Crippen molar-refractivity contribution in [2.75, 3.05) is 13.6 Å². The molecule has 1 aromatic carbocycles. The highest BCUT2D eigenvalue weighted by Crippen LogP contribution is 2.19. The number of carbonyl (C=O) groups excluding carboxylic acids is 2. The third kappa shape index (κ3) is 3.17. The Kier molecular flexibility index (Phi) is 4.74. The first kappa shape index (κ1) is 14.5. The molecule has 0 saturated carbocycles. The quantitative estimate of drug-likeness (QED) is 0.836. The summed E-state index contributed by atoms with van der Waals surface area (Å²) in [7, 11) is 1.61. The highest BCUT2D eigenvalue weighted by atomic mass is 16.2. The number of carbonyl (C=O) groups is 2. The van der Waals surface area contributed by atoms with E-state index < -0.39 is 0 Å². The zero-order valence-corrected chi connectivity index (χ0v) is 11.8. The van der Waals surface area contributed by atoms with E-state index in [1.54, 1.807) is 11.9 Å². The second kappa shape index (κ2) is 6.52. The van der Waals surface area contributed by atoms with Gasteiger partial charge in [-0.3, -0.25) is 9.59 Å². The van der Waals surface area contributed by atoms with Gasteiger partial charge in [0.25, 0.3) is 0 Å². The normalized spacial score (nSPS) is 18.1. The van der Waals surface area contributed by atoms with Crippen LogP contribution in [0.25, 0.3) is 0 Å². The topological polar surface area (TPSA) is 75.4 Å². The zero-order chi connectivity index (χ0) is 14.5.